The minimum atomic E-state index is -0.1000. The van der Waals surface area contributed by atoms with Gasteiger partial charge >= 0.3 is 11.6 Å². The summed E-state index contributed by atoms with van der Waals surface area (Å²) in [6.45, 7) is 0. The summed E-state index contributed by atoms with van der Waals surface area (Å²) in [6, 6.07) is 6.39. The normalized spacial score (nSPS) is 27.3. The number of piperidine rings is 1. The number of carbonyl (C=O) groups is 1. The van der Waals surface area contributed by atoms with Crippen molar-refractivity contribution >= 4 is 22.5 Å². The zero-order chi connectivity index (χ0) is 16.0. The molecule has 7 heteroatoms. The van der Waals surface area contributed by atoms with Crippen LogP contribution in [0.2, 0.25) is 0 Å². The predicted molar refractivity (Wildman–Crippen MR) is 85.4 cm³/mol. The molecular weight excluding hydrogens is 294 g/mol. The van der Waals surface area contributed by atoms with E-state index in [0.29, 0.717) is 29.0 Å². The topological polar surface area (TPSA) is 91.7 Å². The van der Waals surface area contributed by atoms with E-state index in [9.17, 15) is 9.70 Å². The average molecular weight is 314 g/mol. The SMILES string of the molecule is CN1C2CCC1CC(NC(=O)c1[nH+][nH]c3cc(N=O)ccc13)C2. The molecule has 120 valence electrons. The summed E-state index contributed by atoms with van der Waals surface area (Å²) < 4.78 is 0. The van der Waals surface area contributed by atoms with Gasteiger partial charge in [-0.15, -0.1) is 10.0 Å². The van der Waals surface area contributed by atoms with Crippen molar-refractivity contribution in [1.29, 1.82) is 0 Å². The first-order valence-electron chi connectivity index (χ1n) is 8.05. The van der Waals surface area contributed by atoms with Crippen LogP contribution >= 0.6 is 0 Å². The van der Waals surface area contributed by atoms with Crippen molar-refractivity contribution in [2.45, 2.75) is 43.8 Å². The van der Waals surface area contributed by atoms with Crippen LogP contribution in [0.5, 0.6) is 0 Å². The highest BCUT2D eigenvalue weighted by Crippen LogP contribution is 2.34. The lowest BCUT2D eigenvalue weighted by Gasteiger charge is -2.36. The Morgan fingerprint density at radius 1 is 1.35 bits per heavy atom. The summed E-state index contributed by atoms with van der Waals surface area (Å²) in [4.78, 5) is 25.6. The smallest absolute Gasteiger partial charge is 0.319 e. The second-order valence-electron chi connectivity index (χ2n) is 6.64. The van der Waals surface area contributed by atoms with Crippen LogP contribution in [0.25, 0.3) is 10.9 Å². The van der Waals surface area contributed by atoms with E-state index in [-0.39, 0.29) is 11.9 Å². The van der Waals surface area contributed by atoms with Crippen molar-refractivity contribution < 1.29 is 9.89 Å². The fourth-order valence-corrected chi connectivity index (χ4v) is 4.07. The molecular formula is C16H20N5O2+. The number of hydrogen-bond donors (Lipinski definition) is 2. The molecule has 1 amide bonds. The fraction of sp³-hybridized carbons (Fsp3) is 0.500. The third kappa shape index (κ3) is 2.41. The van der Waals surface area contributed by atoms with Crippen molar-refractivity contribution in [3.63, 3.8) is 0 Å². The Morgan fingerprint density at radius 2 is 2.09 bits per heavy atom. The van der Waals surface area contributed by atoms with E-state index in [2.05, 4.69) is 32.6 Å². The predicted octanol–water partition coefficient (Wildman–Crippen LogP) is 1.73. The number of hydrogen-bond acceptors (Lipinski definition) is 4. The molecule has 0 saturated carbocycles. The molecule has 3 N–H and O–H groups in total. The number of amides is 1. The van der Waals surface area contributed by atoms with E-state index in [1.165, 1.54) is 12.8 Å². The van der Waals surface area contributed by atoms with Crippen LogP contribution in [-0.4, -0.2) is 41.1 Å². The van der Waals surface area contributed by atoms with Crippen molar-refractivity contribution in [3.05, 3.63) is 28.8 Å². The first-order chi connectivity index (χ1) is 11.2. The van der Waals surface area contributed by atoms with Gasteiger partial charge in [0.2, 0.25) is 0 Å². The number of H-pyrrole nitrogens is 2. The lowest BCUT2D eigenvalue weighted by atomic mass is 9.98. The van der Waals surface area contributed by atoms with Gasteiger partial charge in [-0.3, -0.25) is 4.79 Å². The molecule has 2 unspecified atom stereocenters. The zero-order valence-corrected chi connectivity index (χ0v) is 13.0. The van der Waals surface area contributed by atoms with E-state index in [1.54, 1.807) is 18.2 Å². The molecule has 7 nitrogen and oxygen atoms in total. The molecule has 2 bridgehead atoms. The van der Waals surface area contributed by atoms with Crippen LogP contribution in [0.4, 0.5) is 5.69 Å². The van der Waals surface area contributed by atoms with Gasteiger partial charge < -0.3 is 10.2 Å². The van der Waals surface area contributed by atoms with Gasteiger partial charge in [0.1, 0.15) is 11.2 Å². The molecule has 2 aliphatic rings. The van der Waals surface area contributed by atoms with Gasteiger partial charge in [-0.2, -0.15) is 5.10 Å². The molecule has 1 aromatic heterocycles. The van der Waals surface area contributed by atoms with Crippen LogP contribution < -0.4 is 10.4 Å². The number of nitroso groups, excluding NO2 is 1. The van der Waals surface area contributed by atoms with Gasteiger partial charge in [-0.05, 0) is 56.1 Å². The Labute approximate surface area is 133 Å². The summed E-state index contributed by atoms with van der Waals surface area (Å²) in [5.74, 6) is -0.1000. The lowest BCUT2D eigenvalue weighted by molar-refractivity contribution is -0.449. The summed E-state index contributed by atoms with van der Waals surface area (Å²) in [5.41, 5.74) is 1.55. The van der Waals surface area contributed by atoms with Gasteiger partial charge in [0, 0.05) is 18.1 Å². The molecule has 0 spiro atoms. The standard InChI is InChI=1S/C16H19N5O2/c1-21-11-3-4-12(21)7-10(6-11)17-16(22)15-13-5-2-9(20-23)8-14(13)18-19-15/h2,5,8,10-12H,3-4,6-7H2,1H3,(H,17,22)(H,18,19)/p+1. The second-order valence-corrected chi connectivity index (χ2v) is 6.64. The Balaban J connectivity index is 1.52. The Kier molecular flexibility index (Phi) is 3.37. The van der Waals surface area contributed by atoms with Crippen molar-refractivity contribution in [2.24, 2.45) is 5.18 Å². The first-order valence-corrected chi connectivity index (χ1v) is 8.05. The van der Waals surface area contributed by atoms with Crippen LogP contribution in [0, 0.1) is 4.91 Å². The van der Waals surface area contributed by atoms with Crippen molar-refractivity contribution in [1.82, 2.24) is 15.3 Å². The quantitative estimate of drug-likeness (QED) is 0.845. The number of rotatable bonds is 3. The van der Waals surface area contributed by atoms with Gasteiger partial charge in [-0.25, -0.2) is 0 Å². The third-order valence-corrected chi connectivity index (χ3v) is 5.36. The van der Waals surface area contributed by atoms with Gasteiger partial charge in [0.15, 0.2) is 0 Å². The Morgan fingerprint density at radius 3 is 2.78 bits per heavy atom. The largest absolute Gasteiger partial charge is 0.344 e. The Bertz CT molecular complexity index is 757. The van der Waals surface area contributed by atoms with Crippen LogP contribution in [0.15, 0.2) is 23.4 Å². The van der Waals surface area contributed by atoms with E-state index in [4.69, 9.17) is 0 Å². The number of nitrogens with one attached hydrogen (secondary N) is 3. The molecule has 0 aliphatic carbocycles. The van der Waals surface area contributed by atoms with Crippen LogP contribution in [0.1, 0.15) is 36.2 Å². The first kappa shape index (κ1) is 14.3. The maximum atomic E-state index is 12.6. The summed E-state index contributed by atoms with van der Waals surface area (Å²) in [7, 11) is 2.19. The maximum absolute atomic E-state index is 12.6. The highest BCUT2D eigenvalue weighted by atomic mass is 16.3. The number of aromatic nitrogens is 2. The zero-order valence-electron chi connectivity index (χ0n) is 13.0. The van der Waals surface area contributed by atoms with Crippen LogP contribution in [0.3, 0.4) is 0 Å². The molecule has 0 radical (unpaired) electrons. The molecule has 23 heavy (non-hydrogen) atoms. The molecule has 2 saturated heterocycles. The number of benzene rings is 1. The van der Waals surface area contributed by atoms with Gasteiger partial charge in [-0.1, -0.05) is 0 Å². The average Bonchev–Trinajstić information content (AvgIpc) is 3.04. The highest BCUT2D eigenvalue weighted by Gasteiger charge is 2.39. The molecule has 2 fully saturated rings. The highest BCUT2D eigenvalue weighted by molar-refractivity contribution is 6.03. The lowest BCUT2D eigenvalue weighted by Crippen LogP contribution is -2.49. The van der Waals surface area contributed by atoms with E-state index in [0.717, 1.165) is 18.2 Å². The molecule has 1 aromatic carbocycles. The molecule has 4 rings (SSSR count). The van der Waals surface area contributed by atoms with Gasteiger partial charge in [0.05, 0.1) is 5.39 Å². The van der Waals surface area contributed by atoms with Gasteiger partial charge in [0.25, 0.3) is 0 Å². The maximum Gasteiger partial charge on any atom is 0.319 e. The van der Waals surface area contributed by atoms with E-state index in [1.807, 2.05) is 0 Å². The number of carbonyl (C=O) groups excluding carboxylic acids is 1. The minimum Gasteiger partial charge on any atom is -0.344 e. The number of fused-ring (bicyclic) bond motifs is 3. The summed E-state index contributed by atoms with van der Waals surface area (Å²) in [6.07, 6.45) is 4.49. The number of aromatic amines is 2. The fourth-order valence-electron chi connectivity index (χ4n) is 4.07. The number of nitrogens with zero attached hydrogens (tertiary/aromatic N) is 2. The van der Waals surface area contributed by atoms with Crippen molar-refractivity contribution in [2.75, 3.05) is 7.05 Å². The second kappa shape index (κ2) is 5.42. The molecule has 3 heterocycles. The van der Waals surface area contributed by atoms with E-state index < -0.39 is 0 Å². The Hall–Kier alpha value is -2.28. The summed E-state index contributed by atoms with van der Waals surface area (Å²) >= 11 is 0. The van der Waals surface area contributed by atoms with E-state index >= 15 is 0 Å². The monoisotopic (exact) mass is 314 g/mol. The van der Waals surface area contributed by atoms with Crippen LogP contribution in [-0.2, 0) is 0 Å². The third-order valence-electron chi connectivity index (χ3n) is 5.36. The summed E-state index contributed by atoms with van der Waals surface area (Å²) in [5, 5.41) is 12.7. The van der Waals surface area contributed by atoms with Crippen molar-refractivity contribution in [3.8, 4) is 0 Å². The minimum absolute atomic E-state index is 0.1000. The molecule has 2 aliphatic heterocycles. The molecule has 2 aromatic rings. The molecule has 2 atom stereocenters.